The maximum atomic E-state index is 8.57. The molecule has 1 rings (SSSR count). The van der Waals surface area contributed by atoms with Crippen LogP contribution in [-0.2, 0) is 13.1 Å². The standard InChI is InChI=1S/C7H13N2O.C2H6/c1-2-8-3-4-9(7-8)5-6-10;1-2/h3-4,7,10H,2,5-6H2,1H3;1-2H3/q+1;. The third-order valence-electron chi connectivity index (χ3n) is 1.47. The van der Waals surface area contributed by atoms with Crippen LogP contribution >= 0.6 is 0 Å². The third kappa shape index (κ3) is 3.53. The fourth-order valence-electron chi connectivity index (χ4n) is 0.874. The zero-order valence-corrected chi connectivity index (χ0v) is 8.20. The topological polar surface area (TPSA) is 29.0 Å². The van der Waals surface area contributed by atoms with Crippen molar-refractivity contribution in [3.8, 4) is 0 Å². The largest absolute Gasteiger partial charge is 0.392 e. The number of aliphatic hydroxyl groups excluding tert-OH is 1. The van der Waals surface area contributed by atoms with Crippen LogP contribution in [0.5, 0.6) is 0 Å². The molecule has 1 aromatic rings. The van der Waals surface area contributed by atoms with E-state index in [1.807, 2.05) is 37.1 Å². The summed E-state index contributed by atoms with van der Waals surface area (Å²) in [5.41, 5.74) is 0. The molecule has 0 atom stereocenters. The lowest BCUT2D eigenvalue weighted by molar-refractivity contribution is -0.697. The van der Waals surface area contributed by atoms with Crippen LogP contribution in [0.1, 0.15) is 20.8 Å². The minimum Gasteiger partial charge on any atom is -0.392 e. The summed E-state index contributed by atoms with van der Waals surface area (Å²) in [7, 11) is 0. The highest BCUT2D eigenvalue weighted by molar-refractivity contribution is 4.64. The Labute approximate surface area is 74.3 Å². The summed E-state index contributed by atoms with van der Waals surface area (Å²) < 4.78 is 4.03. The fourth-order valence-corrected chi connectivity index (χ4v) is 0.874. The van der Waals surface area contributed by atoms with E-state index in [0.717, 1.165) is 6.54 Å². The average Bonchev–Trinajstić information content (AvgIpc) is 2.57. The predicted octanol–water partition coefficient (Wildman–Crippen LogP) is 0.814. The van der Waals surface area contributed by atoms with Crippen LogP contribution in [0.4, 0.5) is 0 Å². The number of hydrogen-bond donors (Lipinski definition) is 1. The van der Waals surface area contributed by atoms with Gasteiger partial charge in [0.15, 0.2) is 0 Å². The lowest BCUT2D eigenvalue weighted by Gasteiger charge is -1.88. The first-order valence-corrected chi connectivity index (χ1v) is 4.52. The first-order valence-electron chi connectivity index (χ1n) is 4.52. The van der Waals surface area contributed by atoms with Crippen LogP contribution in [0.25, 0.3) is 0 Å². The van der Waals surface area contributed by atoms with E-state index in [1.165, 1.54) is 0 Å². The van der Waals surface area contributed by atoms with Crippen LogP contribution < -0.4 is 4.57 Å². The number of aromatic nitrogens is 2. The molecule has 0 unspecified atom stereocenters. The maximum Gasteiger partial charge on any atom is 0.243 e. The van der Waals surface area contributed by atoms with Crippen LogP contribution in [-0.4, -0.2) is 16.3 Å². The Bertz CT molecular complexity index is 196. The van der Waals surface area contributed by atoms with Crippen molar-refractivity contribution in [2.24, 2.45) is 0 Å². The van der Waals surface area contributed by atoms with Crippen molar-refractivity contribution in [3.63, 3.8) is 0 Å². The van der Waals surface area contributed by atoms with E-state index >= 15 is 0 Å². The molecule has 3 heteroatoms. The van der Waals surface area contributed by atoms with Crippen molar-refractivity contribution >= 4 is 0 Å². The van der Waals surface area contributed by atoms with Gasteiger partial charge in [0.1, 0.15) is 18.9 Å². The summed E-state index contributed by atoms with van der Waals surface area (Å²) in [6.07, 6.45) is 5.94. The Kier molecular flexibility index (Phi) is 6.38. The minimum absolute atomic E-state index is 0.207. The van der Waals surface area contributed by atoms with Crippen molar-refractivity contribution in [2.45, 2.75) is 33.9 Å². The highest BCUT2D eigenvalue weighted by Gasteiger charge is 1.98. The number of nitrogens with zero attached hydrogens (tertiary/aromatic N) is 2. The zero-order valence-electron chi connectivity index (χ0n) is 8.20. The molecule has 70 valence electrons. The fraction of sp³-hybridized carbons (Fsp3) is 0.667. The number of rotatable bonds is 3. The van der Waals surface area contributed by atoms with Gasteiger partial charge in [-0.25, -0.2) is 9.13 Å². The molecule has 0 aliphatic carbocycles. The van der Waals surface area contributed by atoms with Crippen LogP contribution in [0, 0.1) is 0 Å². The first-order chi connectivity index (χ1) is 5.86. The molecule has 12 heavy (non-hydrogen) atoms. The highest BCUT2D eigenvalue weighted by Crippen LogP contribution is 1.81. The molecule has 1 aromatic heterocycles. The number of imidazole rings is 1. The predicted molar refractivity (Wildman–Crippen MR) is 48.7 cm³/mol. The van der Waals surface area contributed by atoms with Crippen LogP contribution in [0.3, 0.4) is 0 Å². The molecule has 0 saturated heterocycles. The Morgan fingerprint density at radius 1 is 1.42 bits per heavy atom. The van der Waals surface area contributed by atoms with E-state index in [1.54, 1.807) is 0 Å². The summed E-state index contributed by atoms with van der Waals surface area (Å²) in [5, 5.41) is 8.57. The van der Waals surface area contributed by atoms with Gasteiger partial charge in [0.25, 0.3) is 0 Å². The molecule has 1 N–H and O–H groups in total. The van der Waals surface area contributed by atoms with E-state index in [4.69, 9.17) is 5.11 Å². The quantitative estimate of drug-likeness (QED) is 0.670. The summed E-state index contributed by atoms with van der Waals surface area (Å²) in [4.78, 5) is 0. The van der Waals surface area contributed by atoms with Gasteiger partial charge in [0.05, 0.1) is 13.2 Å². The van der Waals surface area contributed by atoms with Gasteiger partial charge >= 0.3 is 0 Å². The molecule has 0 bridgehead atoms. The van der Waals surface area contributed by atoms with Gasteiger partial charge < -0.3 is 5.11 Å². The molecule has 3 nitrogen and oxygen atoms in total. The van der Waals surface area contributed by atoms with E-state index < -0.39 is 0 Å². The van der Waals surface area contributed by atoms with Gasteiger partial charge in [0.2, 0.25) is 6.33 Å². The molecule has 0 aliphatic heterocycles. The number of aliphatic hydroxyl groups is 1. The summed E-state index contributed by atoms with van der Waals surface area (Å²) >= 11 is 0. The Morgan fingerprint density at radius 2 is 2.08 bits per heavy atom. The molecular formula is C9H19N2O+. The molecule has 0 fully saturated rings. The second-order valence-electron chi connectivity index (χ2n) is 2.21. The monoisotopic (exact) mass is 171 g/mol. The SMILES string of the molecule is CC.CCn1cc[n+](CCO)c1. The van der Waals surface area contributed by atoms with E-state index in [2.05, 4.69) is 11.5 Å². The smallest absolute Gasteiger partial charge is 0.243 e. The van der Waals surface area contributed by atoms with Crippen molar-refractivity contribution in [3.05, 3.63) is 18.7 Å². The van der Waals surface area contributed by atoms with Gasteiger partial charge in [0, 0.05) is 0 Å². The molecule has 0 aromatic carbocycles. The van der Waals surface area contributed by atoms with Crippen molar-refractivity contribution < 1.29 is 9.67 Å². The lowest BCUT2D eigenvalue weighted by Crippen LogP contribution is -2.32. The summed E-state index contributed by atoms with van der Waals surface area (Å²) in [6.45, 7) is 7.97. The number of aryl methyl sites for hydroxylation is 1. The second kappa shape index (κ2) is 6.85. The van der Waals surface area contributed by atoms with Crippen molar-refractivity contribution in [1.82, 2.24) is 4.57 Å². The molecular weight excluding hydrogens is 152 g/mol. The summed E-state index contributed by atoms with van der Waals surface area (Å²) in [6, 6.07) is 0. The first kappa shape index (κ1) is 11.2. The van der Waals surface area contributed by atoms with Gasteiger partial charge in [-0.3, -0.25) is 0 Å². The van der Waals surface area contributed by atoms with Gasteiger partial charge in [-0.2, -0.15) is 0 Å². The number of hydrogen-bond acceptors (Lipinski definition) is 1. The highest BCUT2D eigenvalue weighted by atomic mass is 16.3. The van der Waals surface area contributed by atoms with Crippen LogP contribution in [0.2, 0.25) is 0 Å². The normalized spacial score (nSPS) is 9.00. The average molecular weight is 171 g/mol. The van der Waals surface area contributed by atoms with Crippen molar-refractivity contribution in [2.75, 3.05) is 6.61 Å². The third-order valence-corrected chi connectivity index (χ3v) is 1.47. The van der Waals surface area contributed by atoms with E-state index in [9.17, 15) is 0 Å². The Morgan fingerprint density at radius 3 is 2.50 bits per heavy atom. The van der Waals surface area contributed by atoms with E-state index in [-0.39, 0.29) is 6.61 Å². The molecule has 0 spiro atoms. The summed E-state index contributed by atoms with van der Waals surface area (Å²) in [5.74, 6) is 0. The maximum absolute atomic E-state index is 8.57. The zero-order chi connectivity index (χ0) is 9.40. The second-order valence-corrected chi connectivity index (χ2v) is 2.21. The Balaban J connectivity index is 0.000000561. The molecule has 0 saturated carbocycles. The van der Waals surface area contributed by atoms with Gasteiger partial charge in [-0.05, 0) is 6.92 Å². The van der Waals surface area contributed by atoms with Crippen LogP contribution in [0.15, 0.2) is 18.7 Å². The molecule has 0 aliphatic rings. The van der Waals surface area contributed by atoms with Gasteiger partial charge in [-0.15, -0.1) is 0 Å². The van der Waals surface area contributed by atoms with E-state index in [0.29, 0.717) is 6.54 Å². The lowest BCUT2D eigenvalue weighted by atomic mass is 10.7. The van der Waals surface area contributed by atoms with Crippen molar-refractivity contribution in [1.29, 1.82) is 0 Å². The molecule has 0 radical (unpaired) electrons. The minimum atomic E-state index is 0.207. The molecule has 1 heterocycles. The van der Waals surface area contributed by atoms with Gasteiger partial charge in [-0.1, -0.05) is 13.8 Å². The Hall–Kier alpha value is -0.830. The molecule has 0 amide bonds.